The van der Waals surface area contributed by atoms with Crippen LogP contribution in [0.2, 0.25) is 0 Å². The second kappa shape index (κ2) is 11.1. The lowest BCUT2D eigenvalue weighted by Crippen LogP contribution is -2.33. The molecule has 0 aliphatic carbocycles. The van der Waals surface area contributed by atoms with E-state index in [0.717, 1.165) is 12.0 Å². The van der Waals surface area contributed by atoms with Crippen molar-refractivity contribution < 1.29 is 28.5 Å². The van der Waals surface area contributed by atoms with E-state index in [1.54, 1.807) is 0 Å². The van der Waals surface area contributed by atoms with Crippen LogP contribution in [0.25, 0.3) is 0 Å². The highest BCUT2D eigenvalue weighted by molar-refractivity contribution is 5.95. The predicted molar refractivity (Wildman–Crippen MR) is 113 cm³/mol. The minimum absolute atomic E-state index is 0.143. The van der Waals surface area contributed by atoms with Crippen molar-refractivity contribution in [1.82, 2.24) is 5.32 Å². The van der Waals surface area contributed by atoms with E-state index in [9.17, 15) is 9.59 Å². The third kappa shape index (κ3) is 6.14. The van der Waals surface area contributed by atoms with E-state index >= 15 is 0 Å². The van der Waals surface area contributed by atoms with Gasteiger partial charge in [0, 0.05) is 12.1 Å². The van der Waals surface area contributed by atoms with Gasteiger partial charge in [-0.1, -0.05) is 44.2 Å². The molecule has 7 heteroatoms. The molecule has 2 aromatic carbocycles. The molecule has 0 aliphatic heterocycles. The summed E-state index contributed by atoms with van der Waals surface area (Å²) in [6.07, 6.45) is 0.771. The Kier molecular flexibility index (Phi) is 8.53. The van der Waals surface area contributed by atoms with Gasteiger partial charge < -0.3 is 24.3 Å². The van der Waals surface area contributed by atoms with Crippen molar-refractivity contribution in [3.05, 3.63) is 53.6 Å². The van der Waals surface area contributed by atoms with Crippen molar-refractivity contribution in [3.8, 4) is 17.2 Å². The van der Waals surface area contributed by atoms with Crippen LogP contribution in [0.1, 0.15) is 42.2 Å². The summed E-state index contributed by atoms with van der Waals surface area (Å²) < 4.78 is 20.9. The van der Waals surface area contributed by atoms with Gasteiger partial charge in [0.15, 0.2) is 18.1 Å². The molecular weight excluding hydrogens is 386 g/mol. The van der Waals surface area contributed by atoms with Gasteiger partial charge in [-0.2, -0.15) is 0 Å². The quantitative estimate of drug-likeness (QED) is 0.595. The molecule has 2 aromatic rings. The summed E-state index contributed by atoms with van der Waals surface area (Å²) in [6, 6.07) is 12.6. The molecule has 0 spiro atoms. The van der Waals surface area contributed by atoms with Crippen LogP contribution in [0.15, 0.2) is 42.5 Å². The topological polar surface area (TPSA) is 83.1 Å². The van der Waals surface area contributed by atoms with Gasteiger partial charge in [-0.25, -0.2) is 4.79 Å². The van der Waals surface area contributed by atoms with Crippen molar-refractivity contribution in [2.75, 3.05) is 27.9 Å². The van der Waals surface area contributed by atoms with Crippen LogP contribution in [0.5, 0.6) is 17.2 Å². The average Bonchev–Trinajstić information content (AvgIpc) is 2.76. The van der Waals surface area contributed by atoms with Gasteiger partial charge in [0.25, 0.3) is 5.91 Å². The Labute approximate surface area is 177 Å². The fraction of sp³-hybridized carbons (Fsp3) is 0.391. The molecule has 1 atom stereocenters. The van der Waals surface area contributed by atoms with E-state index in [1.165, 1.54) is 33.5 Å². The van der Waals surface area contributed by atoms with Crippen LogP contribution in [0.4, 0.5) is 0 Å². The maximum atomic E-state index is 12.6. The Balaban J connectivity index is 2.07. The molecule has 0 aromatic heterocycles. The molecule has 1 N–H and O–H groups in total. The fourth-order valence-electron chi connectivity index (χ4n) is 3.07. The molecule has 0 saturated heterocycles. The van der Waals surface area contributed by atoms with Gasteiger partial charge in [0.1, 0.15) is 11.3 Å². The first-order chi connectivity index (χ1) is 14.4. The molecule has 0 unspecified atom stereocenters. The molecule has 0 saturated carbocycles. The zero-order valence-corrected chi connectivity index (χ0v) is 18.1. The Morgan fingerprint density at radius 3 is 2.07 bits per heavy atom. The number of hydrogen-bond donors (Lipinski definition) is 1. The zero-order chi connectivity index (χ0) is 22.1. The Morgan fingerprint density at radius 1 is 0.900 bits per heavy atom. The summed E-state index contributed by atoms with van der Waals surface area (Å²) >= 11 is 0. The second-order valence-electron chi connectivity index (χ2n) is 7.14. The molecule has 0 aliphatic rings. The zero-order valence-electron chi connectivity index (χ0n) is 18.1. The smallest absolute Gasteiger partial charge is 0.342 e. The number of carbonyl (C=O) groups excluding carboxylic acids is 2. The summed E-state index contributed by atoms with van der Waals surface area (Å²) in [6.45, 7) is 3.77. The maximum absolute atomic E-state index is 12.6. The normalized spacial score (nSPS) is 11.5. The number of esters is 1. The van der Waals surface area contributed by atoms with Crippen LogP contribution in [0.3, 0.4) is 0 Å². The number of amides is 1. The number of hydrogen-bond acceptors (Lipinski definition) is 6. The van der Waals surface area contributed by atoms with Gasteiger partial charge in [-0.15, -0.1) is 0 Å². The molecule has 2 rings (SSSR count). The SMILES string of the molecule is COc1cc(OC)c(C(=O)OCC(=O)N[C@H](CC(C)C)c2ccccc2)cc1OC. The number of carbonyl (C=O) groups is 2. The van der Waals surface area contributed by atoms with E-state index < -0.39 is 12.6 Å². The molecule has 0 bridgehead atoms. The van der Waals surface area contributed by atoms with Crippen molar-refractivity contribution in [3.63, 3.8) is 0 Å². The van der Waals surface area contributed by atoms with Gasteiger partial charge >= 0.3 is 5.97 Å². The van der Waals surface area contributed by atoms with Gasteiger partial charge in [-0.05, 0) is 17.9 Å². The molecule has 7 nitrogen and oxygen atoms in total. The van der Waals surface area contributed by atoms with Crippen molar-refractivity contribution in [1.29, 1.82) is 0 Å². The average molecular weight is 415 g/mol. The van der Waals surface area contributed by atoms with Gasteiger partial charge in [0.05, 0.1) is 27.4 Å². The van der Waals surface area contributed by atoms with Gasteiger partial charge in [0.2, 0.25) is 0 Å². The first-order valence-corrected chi connectivity index (χ1v) is 9.71. The molecular formula is C23H29NO6. The van der Waals surface area contributed by atoms with Crippen molar-refractivity contribution >= 4 is 11.9 Å². The first kappa shape index (κ1) is 23.1. The molecule has 1 amide bonds. The number of ether oxygens (including phenoxy) is 4. The molecule has 30 heavy (non-hydrogen) atoms. The lowest BCUT2D eigenvalue weighted by molar-refractivity contribution is -0.125. The van der Waals surface area contributed by atoms with Crippen LogP contribution >= 0.6 is 0 Å². The van der Waals surface area contributed by atoms with E-state index in [4.69, 9.17) is 18.9 Å². The van der Waals surface area contributed by atoms with Crippen LogP contribution < -0.4 is 19.5 Å². The van der Waals surface area contributed by atoms with Crippen molar-refractivity contribution in [2.45, 2.75) is 26.3 Å². The summed E-state index contributed by atoms with van der Waals surface area (Å²) in [4.78, 5) is 25.0. The van der Waals surface area contributed by atoms with Crippen LogP contribution in [0, 0.1) is 5.92 Å². The number of nitrogens with one attached hydrogen (secondary N) is 1. The molecule has 0 radical (unpaired) electrons. The Bertz CT molecular complexity index is 850. The van der Waals surface area contributed by atoms with E-state index in [1.807, 2.05) is 30.3 Å². The van der Waals surface area contributed by atoms with E-state index in [-0.39, 0.29) is 23.3 Å². The number of methoxy groups -OCH3 is 3. The molecule has 0 fully saturated rings. The predicted octanol–water partition coefficient (Wildman–Crippen LogP) is 3.77. The summed E-state index contributed by atoms with van der Waals surface area (Å²) in [5, 5.41) is 2.95. The van der Waals surface area contributed by atoms with Crippen molar-refractivity contribution in [2.24, 2.45) is 5.92 Å². The molecule has 0 heterocycles. The summed E-state index contributed by atoms with van der Waals surface area (Å²) in [5.74, 6) is 0.355. The maximum Gasteiger partial charge on any atom is 0.342 e. The monoisotopic (exact) mass is 415 g/mol. The highest BCUT2D eigenvalue weighted by Gasteiger charge is 2.21. The van der Waals surface area contributed by atoms with Crippen LogP contribution in [-0.2, 0) is 9.53 Å². The minimum Gasteiger partial charge on any atom is -0.496 e. The standard InChI is InChI=1S/C23H29NO6/c1-15(2)11-18(16-9-7-6-8-10-16)24-22(25)14-30-23(26)17-12-20(28-4)21(29-5)13-19(17)27-3/h6-10,12-13,15,18H,11,14H2,1-5H3,(H,24,25)/t18-/m1/s1. The Morgan fingerprint density at radius 2 is 1.50 bits per heavy atom. The fourth-order valence-corrected chi connectivity index (χ4v) is 3.07. The third-order valence-electron chi connectivity index (χ3n) is 4.50. The number of benzene rings is 2. The number of rotatable bonds is 10. The first-order valence-electron chi connectivity index (χ1n) is 9.71. The van der Waals surface area contributed by atoms with E-state index in [0.29, 0.717) is 17.4 Å². The summed E-state index contributed by atoms with van der Waals surface area (Å²) in [7, 11) is 4.38. The van der Waals surface area contributed by atoms with Crippen LogP contribution in [-0.4, -0.2) is 39.8 Å². The lowest BCUT2D eigenvalue weighted by Gasteiger charge is -2.21. The lowest BCUT2D eigenvalue weighted by atomic mass is 9.97. The highest BCUT2D eigenvalue weighted by Crippen LogP contribution is 2.34. The minimum atomic E-state index is -0.692. The summed E-state index contributed by atoms with van der Waals surface area (Å²) in [5.41, 5.74) is 1.15. The second-order valence-corrected chi connectivity index (χ2v) is 7.14. The van der Waals surface area contributed by atoms with E-state index in [2.05, 4.69) is 19.2 Å². The van der Waals surface area contributed by atoms with Gasteiger partial charge in [-0.3, -0.25) is 4.79 Å². The molecule has 162 valence electrons. The third-order valence-corrected chi connectivity index (χ3v) is 4.50. The Hall–Kier alpha value is -3.22. The highest BCUT2D eigenvalue weighted by atomic mass is 16.5. The largest absolute Gasteiger partial charge is 0.496 e.